The average molecular weight is 751 g/mol. The van der Waals surface area contributed by atoms with Gasteiger partial charge in [-0.25, -0.2) is 0 Å². The van der Waals surface area contributed by atoms with Crippen molar-refractivity contribution in [3.05, 3.63) is 69.8 Å². The van der Waals surface area contributed by atoms with Gasteiger partial charge in [-0.3, -0.25) is 29.0 Å². The first-order valence-corrected chi connectivity index (χ1v) is 18.9. The van der Waals surface area contributed by atoms with Crippen LogP contribution < -0.4 is 0 Å². The first-order valence-electron chi connectivity index (χ1n) is 18.9. The van der Waals surface area contributed by atoms with Crippen molar-refractivity contribution in [1.29, 1.82) is 0 Å². The van der Waals surface area contributed by atoms with Gasteiger partial charge in [0.2, 0.25) is 0 Å². The number of amides is 4. The van der Waals surface area contributed by atoms with E-state index in [0.29, 0.717) is 31.4 Å². The number of halogens is 6. The summed E-state index contributed by atoms with van der Waals surface area (Å²) < 4.78 is 91.2. The van der Waals surface area contributed by atoms with Crippen LogP contribution in [-0.2, 0) is 12.4 Å². The third-order valence-electron chi connectivity index (χ3n) is 11.1. The van der Waals surface area contributed by atoms with Gasteiger partial charge >= 0.3 is 12.4 Å². The number of carbonyl (C=O) groups excluding carboxylic acids is 4. The molecule has 6 nitrogen and oxygen atoms in total. The number of carbonyl (C=O) groups is 4. The zero-order valence-electron chi connectivity index (χ0n) is 30.2. The monoisotopic (exact) mass is 750 g/mol. The fourth-order valence-corrected chi connectivity index (χ4v) is 8.52. The number of imide groups is 2. The molecule has 0 radical (unpaired) electrons. The molecule has 2 aliphatic heterocycles. The summed E-state index contributed by atoms with van der Waals surface area (Å²) >= 11 is 0. The van der Waals surface area contributed by atoms with Gasteiger partial charge in [-0.1, -0.05) is 90.2 Å². The highest BCUT2D eigenvalue weighted by Gasteiger charge is 2.44. The van der Waals surface area contributed by atoms with Crippen molar-refractivity contribution >= 4 is 66.7 Å². The second-order valence-electron chi connectivity index (χ2n) is 14.6. The lowest BCUT2D eigenvalue weighted by molar-refractivity contribution is -0.136. The maximum absolute atomic E-state index is 15.2. The normalized spacial score (nSPS) is 15.0. The van der Waals surface area contributed by atoms with Crippen LogP contribution in [0.1, 0.15) is 143 Å². The molecule has 4 amide bonds. The molecule has 0 atom stereocenters. The van der Waals surface area contributed by atoms with E-state index in [0.717, 1.165) is 67.6 Å². The lowest BCUT2D eigenvalue weighted by Crippen LogP contribution is -2.41. The van der Waals surface area contributed by atoms with E-state index < -0.39 is 74.4 Å². The van der Waals surface area contributed by atoms with Crippen LogP contribution in [-0.4, -0.2) is 46.5 Å². The van der Waals surface area contributed by atoms with Crippen molar-refractivity contribution in [2.75, 3.05) is 13.1 Å². The van der Waals surface area contributed by atoms with Crippen LogP contribution >= 0.6 is 0 Å². The van der Waals surface area contributed by atoms with Gasteiger partial charge in [0, 0.05) is 62.3 Å². The van der Waals surface area contributed by atoms with E-state index in [1.165, 1.54) is 24.3 Å². The maximum Gasteiger partial charge on any atom is 0.417 e. The summed E-state index contributed by atoms with van der Waals surface area (Å²) in [6.07, 6.45) is -0.200. The van der Waals surface area contributed by atoms with Crippen LogP contribution in [0.3, 0.4) is 0 Å². The van der Waals surface area contributed by atoms with E-state index in [1.807, 2.05) is 6.92 Å². The molecular formula is C42H40F6N2O4. The zero-order chi connectivity index (χ0) is 38.7. The van der Waals surface area contributed by atoms with E-state index >= 15 is 26.3 Å². The molecule has 0 fully saturated rings. The van der Waals surface area contributed by atoms with Gasteiger partial charge in [0.1, 0.15) is 0 Å². The Morgan fingerprint density at radius 1 is 0.426 bits per heavy atom. The highest BCUT2D eigenvalue weighted by atomic mass is 19.4. The summed E-state index contributed by atoms with van der Waals surface area (Å²) in [5.41, 5.74) is -3.68. The molecule has 12 heteroatoms. The lowest BCUT2D eigenvalue weighted by Gasteiger charge is -2.32. The first kappa shape index (κ1) is 37.6. The van der Waals surface area contributed by atoms with Crippen molar-refractivity contribution in [2.45, 2.75) is 103 Å². The number of hydrogen-bond donors (Lipinski definition) is 0. The number of hydrogen-bond acceptors (Lipinski definition) is 4. The molecule has 7 rings (SSSR count). The quantitative estimate of drug-likeness (QED) is 0.0372. The Bertz CT molecular complexity index is 2210. The molecule has 5 aromatic carbocycles. The Morgan fingerprint density at radius 2 is 0.778 bits per heavy atom. The van der Waals surface area contributed by atoms with Gasteiger partial charge in [-0.05, 0) is 53.3 Å². The number of unbranched alkanes of at least 4 members (excludes halogenated alkanes) is 10. The van der Waals surface area contributed by atoms with Crippen LogP contribution in [0.5, 0.6) is 0 Å². The lowest BCUT2D eigenvalue weighted by atomic mass is 9.79. The highest BCUT2D eigenvalue weighted by molar-refractivity contribution is 6.42. The SMILES string of the molecule is CCCCCCCCN1C(=O)c2ccc3c4c(C(F)(F)F)cc5c6c(cc(C(F)(F)F)c(c7ccc(c2c37)C1=O)c64)C(=O)N(CCCCCCCC)C5=O. The van der Waals surface area contributed by atoms with E-state index in [9.17, 15) is 19.2 Å². The van der Waals surface area contributed by atoms with Gasteiger partial charge in [0.05, 0.1) is 11.1 Å². The molecule has 5 aromatic rings. The van der Waals surface area contributed by atoms with Crippen molar-refractivity contribution in [2.24, 2.45) is 0 Å². The largest absolute Gasteiger partial charge is 0.417 e. The zero-order valence-corrected chi connectivity index (χ0v) is 30.2. The summed E-state index contributed by atoms with van der Waals surface area (Å²) in [4.78, 5) is 57.4. The average Bonchev–Trinajstić information content (AvgIpc) is 3.12. The van der Waals surface area contributed by atoms with Crippen molar-refractivity contribution in [3.63, 3.8) is 0 Å². The molecule has 0 aromatic heterocycles. The first-order chi connectivity index (χ1) is 25.7. The summed E-state index contributed by atoms with van der Waals surface area (Å²) in [6, 6.07) is 6.46. The van der Waals surface area contributed by atoms with Crippen LogP contribution in [0.25, 0.3) is 43.1 Å². The number of benzene rings is 5. The minimum Gasteiger partial charge on any atom is -0.274 e. The van der Waals surface area contributed by atoms with Crippen LogP contribution in [0, 0.1) is 0 Å². The Labute approximate surface area is 307 Å². The van der Waals surface area contributed by atoms with Crippen LogP contribution in [0.2, 0.25) is 0 Å². The Kier molecular flexibility index (Phi) is 9.85. The van der Waals surface area contributed by atoms with E-state index in [-0.39, 0.29) is 51.1 Å². The van der Waals surface area contributed by atoms with E-state index in [2.05, 4.69) is 6.92 Å². The second kappa shape index (κ2) is 14.2. The number of rotatable bonds is 14. The number of nitrogens with zero attached hydrogens (tertiary/aromatic N) is 2. The molecule has 0 spiro atoms. The molecule has 2 aliphatic rings. The molecule has 0 bridgehead atoms. The van der Waals surface area contributed by atoms with Gasteiger partial charge in [-0.2, -0.15) is 26.3 Å². The minimum atomic E-state index is -5.14. The molecule has 54 heavy (non-hydrogen) atoms. The van der Waals surface area contributed by atoms with Crippen molar-refractivity contribution in [3.8, 4) is 0 Å². The van der Waals surface area contributed by atoms with Crippen molar-refractivity contribution < 1.29 is 45.5 Å². The van der Waals surface area contributed by atoms with Gasteiger partial charge in [0.15, 0.2) is 0 Å². The molecular weight excluding hydrogens is 710 g/mol. The Hall–Kier alpha value is -4.74. The molecule has 0 aliphatic carbocycles. The molecule has 0 N–H and O–H groups in total. The van der Waals surface area contributed by atoms with Crippen LogP contribution in [0.4, 0.5) is 26.3 Å². The van der Waals surface area contributed by atoms with E-state index in [1.54, 1.807) is 0 Å². The molecule has 0 unspecified atom stereocenters. The predicted octanol–water partition coefficient (Wildman–Crippen LogP) is 11.7. The Morgan fingerprint density at radius 3 is 1.17 bits per heavy atom. The Balaban J connectivity index is 1.46. The topological polar surface area (TPSA) is 74.8 Å². The molecule has 2 heterocycles. The fraction of sp³-hybridized carbons (Fsp3) is 0.429. The fourth-order valence-electron chi connectivity index (χ4n) is 8.52. The highest BCUT2D eigenvalue weighted by Crippen LogP contribution is 2.53. The van der Waals surface area contributed by atoms with E-state index in [4.69, 9.17) is 0 Å². The van der Waals surface area contributed by atoms with Gasteiger partial charge in [-0.15, -0.1) is 0 Å². The number of alkyl halides is 6. The third kappa shape index (κ3) is 6.05. The van der Waals surface area contributed by atoms with Gasteiger partial charge in [0.25, 0.3) is 23.6 Å². The summed E-state index contributed by atoms with van der Waals surface area (Å²) in [5.74, 6) is -3.34. The molecule has 284 valence electrons. The second-order valence-corrected chi connectivity index (χ2v) is 14.6. The summed E-state index contributed by atoms with van der Waals surface area (Å²) in [6.45, 7) is 4.10. The van der Waals surface area contributed by atoms with Crippen LogP contribution in [0.15, 0.2) is 36.4 Å². The molecule has 0 saturated heterocycles. The predicted molar refractivity (Wildman–Crippen MR) is 195 cm³/mol. The maximum atomic E-state index is 15.2. The molecule has 0 saturated carbocycles. The number of fused-ring (bicyclic) bond motifs is 2. The summed E-state index contributed by atoms with van der Waals surface area (Å²) in [5, 5.41) is -2.40. The van der Waals surface area contributed by atoms with Gasteiger partial charge < -0.3 is 0 Å². The minimum absolute atomic E-state index is 0.00282. The van der Waals surface area contributed by atoms with Crippen molar-refractivity contribution in [1.82, 2.24) is 9.80 Å². The standard InChI is InChI=1S/C42H40F6N2O4/c1-3-5-7-9-11-13-19-49-37(51)25-17-15-23-31-24(16-18-26(32(25)31)38(49)52)35-30(42(46,47)48)22-28-33-27(21-29(41(43,44)45)34(23)36(33)35)39(53)50(40(28)54)20-14-12-10-8-6-4-2/h15-18,21-22H,3-14,19-20H2,1-2H3. The summed E-state index contributed by atoms with van der Waals surface area (Å²) in [7, 11) is 0. The smallest absolute Gasteiger partial charge is 0.274 e. The third-order valence-corrected chi connectivity index (χ3v) is 11.1.